The molecule has 2 unspecified atom stereocenters. The maximum Gasteiger partial charge on any atom is 0.134 e. The molecule has 2 atom stereocenters. The Morgan fingerprint density at radius 1 is 1.30 bits per heavy atom. The number of rotatable bonds is 5. The number of benzene rings is 1. The van der Waals surface area contributed by atoms with Gasteiger partial charge in [0.2, 0.25) is 0 Å². The second kappa shape index (κ2) is 5.98. The molecule has 20 heavy (non-hydrogen) atoms. The number of furan rings is 1. The smallest absolute Gasteiger partial charge is 0.134 e. The predicted octanol–water partition coefficient (Wildman–Crippen LogP) is 3.51. The SMILES string of the molecule is CCc1oc2ccccc2c1CNCC1CCOC1C. The van der Waals surface area contributed by atoms with Gasteiger partial charge >= 0.3 is 0 Å². The highest BCUT2D eigenvalue weighted by Gasteiger charge is 2.23. The lowest BCUT2D eigenvalue weighted by Crippen LogP contribution is -2.26. The van der Waals surface area contributed by atoms with Gasteiger partial charge in [0.25, 0.3) is 0 Å². The summed E-state index contributed by atoms with van der Waals surface area (Å²) in [6.07, 6.45) is 2.49. The Kier molecular flexibility index (Phi) is 4.08. The van der Waals surface area contributed by atoms with E-state index >= 15 is 0 Å². The van der Waals surface area contributed by atoms with Crippen molar-refractivity contribution in [1.82, 2.24) is 5.32 Å². The van der Waals surface area contributed by atoms with E-state index < -0.39 is 0 Å². The van der Waals surface area contributed by atoms with Crippen molar-refractivity contribution < 1.29 is 9.15 Å². The summed E-state index contributed by atoms with van der Waals surface area (Å²) in [4.78, 5) is 0. The van der Waals surface area contributed by atoms with Crippen molar-refractivity contribution in [2.45, 2.75) is 39.3 Å². The Morgan fingerprint density at radius 2 is 2.15 bits per heavy atom. The molecular weight excluding hydrogens is 250 g/mol. The number of hydrogen-bond donors (Lipinski definition) is 1. The van der Waals surface area contributed by atoms with Gasteiger partial charge in [-0.25, -0.2) is 0 Å². The van der Waals surface area contributed by atoms with Crippen LogP contribution in [0.2, 0.25) is 0 Å². The molecule has 0 radical (unpaired) electrons. The molecule has 1 aromatic heterocycles. The highest BCUT2D eigenvalue weighted by Crippen LogP contribution is 2.26. The lowest BCUT2D eigenvalue weighted by Gasteiger charge is -2.14. The molecule has 0 bridgehead atoms. The first-order chi connectivity index (χ1) is 9.79. The minimum absolute atomic E-state index is 0.384. The van der Waals surface area contributed by atoms with E-state index in [-0.39, 0.29) is 0 Å². The third-order valence-electron chi connectivity index (χ3n) is 4.34. The van der Waals surface area contributed by atoms with E-state index in [0.29, 0.717) is 12.0 Å². The molecule has 1 aliphatic heterocycles. The van der Waals surface area contributed by atoms with Crippen molar-refractivity contribution in [3.63, 3.8) is 0 Å². The first kappa shape index (κ1) is 13.7. The average molecular weight is 273 g/mol. The van der Waals surface area contributed by atoms with Crippen molar-refractivity contribution in [1.29, 1.82) is 0 Å². The summed E-state index contributed by atoms with van der Waals surface area (Å²) in [6, 6.07) is 8.30. The minimum Gasteiger partial charge on any atom is -0.461 e. The van der Waals surface area contributed by atoms with E-state index in [4.69, 9.17) is 9.15 Å². The van der Waals surface area contributed by atoms with Gasteiger partial charge in [-0.1, -0.05) is 25.1 Å². The number of ether oxygens (including phenoxy) is 1. The summed E-state index contributed by atoms with van der Waals surface area (Å²) in [7, 11) is 0. The fourth-order valence-corrected chi connectivity index (χ4v) is 3.06. The molecule has 1 aliphatic rings. The number of aryl methyl sites for hydroxylation is 1. The van der Waals surface area contributed by atoms with Crippen LogP contribution in [0.1, 0.15) is 31.6 Å². The maximum atomic E-state index is 5.93. The zero-order valence-electron chi connectivity index (χ0n) is 12.3. The highest BCUT2D eigenvalue weighted by atomic mass is 16.5. The third-order valence-corrected chi connectivity index (χ3v) is 4.34. The molecule has 0 saturated carbocycles. The largest absolute Gasteiger partial charge is 0.461 e. The van der Waals surface area contributed by atoms with Gasteiger partial charge in [0, 0.05) is 37.1 Å². The third kappa shape index (κ3) is 2.60. The van der Waals surface area contributed by atoms with Crippen LogP contribution in [-0.2, 0) is 17.7 Å². The first-order valence-corrected chi connectivity index (χ1v) is 7.61. The summed E-state index contributed by atoms with van der Waals surface area (Å²) in [5, 5.41) is 4.83. The molecule has 1 N–H and O–H groups in total. The number of fused-ring (bicyclic) bond motifs is 1. The van der Waals surface area contributed by atoms with Gasteiger partial charge in [-0.05, 0) is 25.3 Å². The molecule has 1 fully saturated rings. The molecule has 1 aromatic carbocycles. The van der Waals surface area contributed by atoms with Crippen molar-refractivity contribution in [2.24, 2.45) is 5.92 Å². The maximum absolute atomic E-state index is 5.93. The van der Waals surface area contributed by atoms with Crippen LogP contribution in [0.5, 0.6) is 0 Å². The zero-order chi connectivity index (χ0) is 13.9. The quantitative estimate of drug-likeness (QED) is 0.905. The Labute approximate surface area is 120 Å². The second-order valence-electron chi connectivity index (χ2n) is 5.61. The monoisotopic (exact) mass is 273 g/mol. The van der Waals surface area contributed by atoms with Crippen molar-refractivity contribution >= 4 is 11.0 Å². The van der Waals surface area contributed by atoms with Gasteiger partial charge in [-0.2, -0.15) is 0 Å². The van der Waals surface area contributed by atoms with Crippen LogP contribution in [-0.4, -0.2) is 19.3 Å². The molecule has 3 heteroatoms. The van der Waals surface area contributed by atoms with Crippen molar-refractivity contribution in [3.8, 4) is 0 Å². The summed E-state index contributed by atoms with van der Waals surface area (Å²) in [5.41, 5.74) is 2.31. The number of hydrogen-bond acceptors (Lipinski definition) is 3. The fraction of sp³-hybridized carbons (Fsp3) is 0.529. The van der Waals surface area contributed by atoms with Crippen LogP contribution in [0.3, 0.4) is 0 Å². The molecule has 108 valence electrons. The van der Waals surface area contributed by atoms with Gasteiger partial charge in [-0.3, -0.25) is 0 Å². The summed E-state index contributed by atoms with van der Waals surface area (Å²) >= 11 is 0. The molecule has 0 aliphatic carbocycles. The second-order valence-corrected chi connectivity index (χ2v) is 5.61. The molecule has 1 saturated heterocycles. The first-order valence-electron chi connectivity index (χ1n) is 7.61. The van der Waals surface area contributed by atoms with Crippen molar-refractivity contribution in [3.05, 3.63) is 35.6 Å². The van der Waals surface area contributed by atoms with E-state index in [2.05, 4.69) is 31.3 Å². The standard InChI is InChI=1S/C17H23NO2/c1-3-16-15(14-6-4-5-7-17(14)20-16)11-18-10-13-8-9-19-12(13)2/h4-7,12-13,18H,3,8-11H2,1-2H3. The van der Waals surface area contributed by atoms with E-state index in [1.54, 1.807) is 0 Å². The summed E-state index contributed by atoms with van der Waals surface area (Å²) < 4.78 is 11.5. The number of nitrogens with one attached hydrogen (secondary N) is 1. The van der Waals surface area contributed by atoms with E-state index in [9.17, 15) is 0 Å². The van der Waals surface area contributed by atoms with Gasteiger partial charge in [0.05, 0.1) is 6.10 Å². The number of para-hydroxylation sites is 1. The van der Waals surface area contributed by atoms with Gasteiger partial charge in [0.1, 0.15) is 11.3 Å². The van der Waals surface area contributed by atoms with E-state index in [1.165, 1.54) is 17.4 Å². The molecule has 0 spiro atoms. The van der Waals surface area contributed by atoms with Gasteiger partial charge < -0.3 is 14.5 Å². The van der Waals surface area contributed by atoms with Crippen LogP contribution in [0, 0.1) is 5.92 Å². The molecule has 3 rings (SSSR count). The predicted molar refractivity (Wildman–Crippen MR) is 80.8 cm³/mol. The van der Waals surface area contributed by atoms with Crippen LogP contribution < -0.4 is 5.32 Å². The van der Waals surface area contributed by atoms with Gasteiger partial charge in [0.15, 0.2) is 0 Å². The Morgan fingerprint density at radius 3 is 2.90 bits per heavy atom. The molecule has 2 heterocycles. The van der Waals surface area contributed by atoms with Crippen LogP contribution in [0.4, 0.5) is 0 Å². The van der Waals surface area contributed by atoms with Crippen LogP contribution >= 0.6 is 0 Å². The lowest BCUT2D eigenvalue weighted by atomic mass is 10.0. The lowest BCUT2D eigenvalue weighted by molar-refractivity contribution is 0.105. The highest BCUT2D eigenvalue weighted by molar-refractivity contribution is 5.82. The normalized spacial score (nSPS) is 22.7. The Bertz CT molecular complexity index is 575. The Balaban J connectivity index is 1.70. The molecule has 2 aromatic rings. The fourth-order valence-electron chi connectivity index (χ4n) is 3.06. The van der Waals surface area contributed by atoms with Crippen LogP contribution in [0.15, 0.2) is 28.7 Å². The zero-order valence-corrected chi connectivity index (χ0v) is 12.3. The minimum atomic E-state index is 0.384. The van der Waals surface area contributed by atoms with Crippen molar-refractivity contribution in [2.75, 3.05) is 13.2 Å². The van der Waals surface area contributed by atoms with E-state index in [1.807, 2.05) is 12.1 Å². The van der Waals surface area contributed by atoms with Crippen LogP contribution in [0.25, 0.3) is 11.0 Å². The summed E-state index contributed by atoms with van der Waals surface area (Å²) in [6.45, 7) is 7.12. The van der Waals surface area contributed by atoms with E-state index in [0.717, 1.165) is 37.5 Å². The summed E-state index contributed by atoms with van der Waals surface area (Å²) in [5.74, 6) is 1.74. The molecular formula is C17H23NO2. The Hall–Kier alpha value is -1.32. The average Bonchev–Trinajstić information content (AvgIpc) is 3.03. The topological polar surface area (TPSA) is 34.4 Å². The molecule has 3 nitrogen and oxygen atoms in total. The van der Waals surface area contributed by atoms with Gasteiger partial charge in [-0.15, -0.1) is 0 Å². The molecule has 0 amide bonds.